The maximum absolute atomic E-state index is 14.8. The van der Waals surface area contributed by atoms with Crippen molar-refractivity contribution in [2.45, 2.75) is 32.9 Å². The Bertz CT molecular complexity index is 1020. The highest BCUT2D eigenvalue weighted by Crippen LogP contribution is 2.29. The molecule has 6 nitrogen and oxygen atoms in total. The highest BCUT2D eigenvalue weighted by molar-refractivity contribution is 5.90. The number of hydrogen-bond acceptors (Lipinski definition) is 5. The zero-order valence-electron chi connectivity index (χ0n) is 16.3. The Balaban J connectivity index is 1.46. The van der Waals surface area contributed by atoms with Crippen LogP contribution in [0, 0.1) is 12.7 Å². The molecule has 0 spiro atoms. The molecule has 1 aliphatic rings. The maximum Gasteiger partial charge on any atom is 0.414 e. The summed E-state index contributed by atoms with van der Waals surface area (Å²) in [6.07, 6.45) is 0.163. The number of nitrogens with zero attached hydrogens (tertiary/aromatic N) is 2. The molecule has 4 rings (SSSR count). The largest absolute Gasteiger partial charge is 0.444 e. The van der Waals surface area contributed by atoms with E-state index >= 15 is 0 Å². The van der Waals surface area contributed by atoms with E-state index in [2.05, 4.69) is 10.5 Å². The molecule has 1 aliphatic heterocycles. The Labute approximate surface area is 168 Å². The second-order valence-corrected chi connectivity index (χ2v) is 7.06. The standard InChI is InChI=1S/C22H22FN3O3/c1-3-18-13-26(22(27)28-18)17-8-9-19(20(23)11-17)16-6-4-15(5-7-16)12-24-21-10-14(2)29-25-21/h4-11,18H,3,12-13H2,1-2H3,(H,24,25)/t18-/m0/s1. The van der Waals surface area contributed by atoms with Gasteiger partial charge in [0.1, 0.15) is 17.7 Å². The average Bonchev–Trinajstić information content (AvgIpc) is 3.32. The quantitative estimate of drug-likeness (QED) is 0.626. The first-order chi connectivity index (χ1) is 14.0. The molecule has 2 aromatic carbocycles. The lowest BCUT2D eigenvalue weighted by Gasteiger charge is -2.14. The van der Waals surface area contributed by atoms with Gasteiger partial charge in [0.25, 0.3) is 0 Å². The number of cyclic esters (lactones) is 1. The van der Waals surface area contributed by atoms with Gasteiger partial charge >= 0.3 is 6.09 Å². The van der Waals surface area contributed by atoms with Gasteiger partial charge in [0.15, 0.2) is 5.82 Å². The highest BCUT2D eigenvalue weighted by atomic mass is 19.1. The first-order valence-corrected chi connectivity index (χ1v) is 9.57. The SMILES string of the molecule is CC[C@H]1CN(c2ccc(-c3ccc(CNc4cc(C)on4)cc3)c(F)c2)C(=O)O1. The molecule has 0 saturated carbocycles. The van der Waals surface area contributed by atoms with E-state index in [1.165, 1.54) is 11.0 Å². The number of ether oxygens (including phenoxy) is 1. The minimum Gasteiger partial charge on any atom is -0.444 e. The number of hydrogen-bond donors (Lipinski definition) is 1. The van der Waals surface area contributed by atoms with Gasteiger partial charge in [-0.1, -0.05) is 36.3 Å². The predicted molar refractivity (Wildman–Crippen MR) is 108 cm³/mol. The number of anilines is 2. The van der Waals surface area contributed by atoms with Crippen LogP contribution in [0.3, 0.4) is 0 Å². The molecule has 0 aliphatic carbocycles. The van der Waals surface area contributed by atoms with Crippen molar-refractivity contribution in [3.8, 4) is 11.1 Å². The Morgan fingerprint density at radius 1 is 1.21 bits per heavy atom. The summed E-state index contributed by atoms with van der Waals surface area (Å²) in [5, 5.41) is 7.07. The Morgan fingerprint density at radius 2 is 2.00 bits per heavy atom. The van der Waals surface area contributed by atoms with Crippen molar-refractivity contribution in [1.29, 1.82) is 0 Å². The molecule has 1 atom stereocenters. The number of halogens is 1. The van der Waals surface area contributed by atoms with Crippen LogP contribution in [0.15, 0.2) is 53.1 Å². The first-order valence-electron chi connectivity index (χ1n) is 9.57. The van der Waals surface area contributed by atoms with Gasteiger partial charge in [0.05, 0.1) is 12.2 Å². The van der Waals surface area contributed by atoms with Crippen LogP contribution in [-0.4, -0.2) is 23.9 Å². The molecular formula is C22H22FN3O3. The molecule has 1 aromatic heterocycles. The lowest BCUT2D eigenvalue weighted by atomic mass is 10.0. The normalized spacial score (nSPS) is 16.2. The summed E-state index contributed by atoms with van der Waals surface area (Å²) in [5.74, 6) is 1.05. The minimum absolute atomic E-state index is 0.146. The first kappa shape index (κ1) is 19.0. The number of benzene rings is 2. The van der Waals surface area contributed by atoms with E-state index in [1.54, 1.807) is 12.1 Å². The summed E-state index contributed by atoms with van der Waals surface area (Å²) in [6, 6.07) is 14.3. The number of aryl methyl sites for hydroxylation is 1. The van der Waals surface area contributed by atoms with Crippen LogP contribution < -0.4 is 10.2 Å². The third-order valence-electron chi connectivity index (χ3n) is 4.96. The number of carbonyl (C=O) groups is 1. The summed E-state index contributed by atoms with van der Waals surface area (Å²) in [5.41, 5.74) is 2.80. The third kappa shape index (κ3) is 4.08. The lowest BCUT2D eigenvalue weighted by Crippen LogP contribution is -2.24. The van der Waals surface area contributed by atoms with E-state index in [9.17, 15) is 9.18 Å². The van der Waals surface area contributed by atoms with E-state index in [0.29, 0.717) is 30.2 Å². The van der Waals surface area contributed by atoms with Crippen LogP contribution in [-0.2, 0) is 11.3 Å². The van der Waals surface area contributed by atoms with E-state index in [1.807, 2.05) is 44.2 Å². The fourth-order valence-electron chi connectivity index (χ4n) is 3.30. The van der Waals surface area contributed by atoms with E-state index < -0.39 is 6.09 Å². The summed E-state index contributed by atoms with van der Waals surface area (Å²) in [7, 11) is 0. The van der Waals surface area contributed by atoms with E-state index in [4.69, 9.17) is 9.26 Å². The van der Waals surface area contributed by atoms with Crippen LogP contribution in [0.2, 0.25) is 0 Å². The van der Waals surface area contributed by atoms with Gasteiger partial charge in [-0.15, -0.1) is 0 Å². The Hall–Kier alpha value is -3.35. The van der Waals surface area contributed by atoms with Crippen LogP contribution in [0.4, 0.5) is 20.7 Å². The number of aromatic nitrogens is 1. The van der Waals surface area contributed by atoms with Crippen molar-refractivity contribution in [2.24, 2.45) is 0 Å². The van der Waals surface area contributed by atoms with Gasteiger partial charge < -0.3 is 14.6 Å². The predicted octanol–water partition coefficient (Wildman–Crippen LogP) is 5.14. The van der Waals surface area contributed by atoms with Crippen LogP contribution >= 0.6 is 0 Å². The zero-order valence-corrected chi connectivity index (χ0v) is 16.3. The van der Waals surface area contributed by atoms with Gasteiger partial charge in [0, 0.05) is 18.2 Å². The summed E-state index contributed by atoms with van der Waals surface area (Å²) in [4.78, 5) is 13.5. The van der Waals surface area contributed by atoms with Gasteiger partial charge in [-0.05, 0) is 42.7 Å². The number of amides is 1. The minimum atomic E-state index is -0.428. The molecule has 2 heterocycles. The molecule has 3 aromatic rings. The van der Waals surface area contributed by atoms with Crippen LogP contribution in [0.1, 0.15) is 24.7 Å². The molecule has 1 N–H and O–H groups in total. The van der Waals surface area contributed by atoms with Crippen molar-refractivity contribution in [3.63, 3.8) is 0 Å². The van der Waals surface area contributed by atoms with Gasteiger partial charge in [-0.25, -0.2) is 9.18 Å². The van der Waals surface area contributed by atoms with E-state index in [0.717, 1.165) is 23.3 Å². The molecule has 1 saturated heterocycles. The molecular weight excluding hydrogens is 373 g/mol. The summed E-state index contributed by atoms with van der Waals surface area (Å²) in [6.45, 7) is 4.82. The van der Waals surface area contributed by atoms with Crippen molar-refractivity contribution >= 4 is 17.6 Å². The third-order valence-corrected chi connectivity index (χ3v) is 4.96. The van der Waals surface area contributed by atoms with Crippen molar-refractivity contribution in [3.05, 3.63) is 65.7 Å². The molecule has 1 amide bonds. The molecule has 0 unspecified atom stereocenters. The molecule has 29 heavy (non-hydrogen) atoms. The smallest absolute Gasteiger partial charge is 0.414 e. The van der Waals surface area contributed by atoms with Gasteiger partial charge in [-0.2, -0.15) is 0 Å². The van der Waals surface area contributed by atoms with Gasteiger partial charge in [-0.3, -0.25) is 4.90 Å². The molecule has 0 bridgehead atoms. The van der Waals surface area contributed by atoms with Crippen molar-refractivity contribution in [1.82, 2.24) is 5.16 Å². The molecule has 0 radical (unpaired) electrons. The Kier molecular flexibility index (Phi) is 5.20. The fraction of sp³-hybridized carbons (Fsp3) is 0.273. The lowest BCUT2D eigenvalue weighted by molar-refractivity contribution is 0.139. The zero-order chi connectivity index (χ0) is 20.4. The average molecular weight is 395 g/mol. The van der Waals surface area contributed by atoms with Crippen LogP contribution in [0.5, 0.6) is 0 Å². The Morgan fingerprint density at radius 3 is 2.62 bits per heavy atom. The second-order valence-electron chi connectivity index (χ2n) is 7.06. The number of nitrogens with one attached hydrogen (secondary N) is 1. The number of rotatable bonds is 6. The van der Waals surface area contributed by atoms with Crippen molar-refractivity contribution in [2.75, 3.05) is 16.8 Å². The van der Waals surface area contributed by atoms with Crippen molar-refractivity contribution < 1.29 is 18.4 Å². The molecule has 7 heteroatoms. The monoisotopic (exact) mass is 395 g/mol. The maximum atomic E-state index is 14.8. The molecule has 1 fully saturated rings. The highest BCUT2D eigenvalue weighted by Gasteiger charge is 2.31. The molecule has 150 valence electrons. The topological polar surface area (TPSA) is 67.6 Å². The number of carbonyl (C=O) groups excluding carboxylic acids is 1. The second kappa shape index (κ2) is 7.95. The van der Waals surface area contributed by atoms with Gasteiger partial charge in [0.2, 0.25) is 0 Å². The van der Waals surface area contributed by atoms with Crippen LogP contribution in [0.25, 0.3) is 11.1 Å². The summed E-state index contributed by atoms with van der Waals surface area (Å²) < 4.78 is 25.0. The van der Waals surface area contributed by atoms with E-state index in [-0.39, 0.29) is 11.9 Å². The fourth-order valence-corrected chi connectivity index (χ4v) is 3.30. The summed E-state index contributed by atoms with van der Waals surface area (Å²) >= 11 is 0.